The van der Waals surface area contributed by atoms with E-state index >= 15 is 0 Å². The third-order valence-electron chi connectivity index (χ3n) is 4.85. The molecule has 7 nitrogen and oxygen atoms in total. The normalized spacial score (nSPS) is 14.6. The third-order valence-corrected chi connectivity index (χ3v) is 7.06. The van der Waals surface area contributed by atoms with E-state index in [2.05, 4.69) is 0 Å². The van der Waals surface area contributed by atoms with Gasteiger partial charge in [-0.3, -0.25) is 4.79 Å². The zero-order valence-corrected chi connectivity index (χ0v) is 17.4. The second kappa shape index (κ2) is 7.40. The molecule has 0 radical (unpaired) electrons. The third kappa shape index (κ3) is 3.43. The minimum atomic E-state index is -1.06. The number of nitrogens with zero attached hydrogens (tertiary/aromatic N) is 2. The number of hydrogen-bond acceptors (Lipinski definition) is 6. The van der Waals surface area contributed by atoms with Gasteiger partial charge in [0.05, 0.1) is 28.4 Å². The average molecular weight is 457 g/mol. The molecule has 0 saturated carbocycles. The highest BCUT2D eigenvalue weighted by Crippen LogP contribution is 2.47. The maximum Gasteiger partial charge on any atom is 0.370 e. The minimum absolute atomic E-state index is 0.269. The monoisotopic (exact) mass is 457 g/mol. The van der Waals surface area contributed by atoms with E-state index in [0.29, 0.717) is 21.3 Å². The van der Waals surface area contributed by atoms with Crippen LogP contribution in [0.1, 0.15) is 5.01 Å². The van der Waals surface area contributed by atoms with Gasteiger partial charge < -0.3 is 19.5 Å². The first-order valence-electron chi connectivity index (χ1n) is 9.13. The number of aliphatic carboxylic acids is 2. The number of carboxylic acid groups (broad SMARTS) is 2. The van der Waals surface area contributed by atoms with Gasteiger partial charge in [-0.05, 0) is 36.4 Å². The van der Waals surface area contributed by atoms with E-state index in [9.17, 15) is 24.2 Å². The lowest BCUT2D eigenvalue weighted by Crippen LogP contribution is -2.39. The van der Waals surface area contributed by atoms with Gasteiger partial charge in [0, 0.05) is 4.90 Å². The molecule has 0 fully saturated rings. The predicted molar refractivity (Wildman–Crippen MR) is 115 cm³/mol. The molecule has 5 rings (SSSR count). The van der Waals surface area contributed by atoms with E-state index in [1.54, 1.807) is 29.0 Å². The molecular formula is C21H14FN2O5S2+. The first kappa shape index (κ1) is 19.6. The van der Waals surface area contributed by atoms with Crippen molar-refractivity contribution < 1.29 is 33.2 Å². The molecule has 4 aromatic rings. The Labute approximate surface area is 182 Å². The summed E-state index contributed by atoms with van der Waals surface area (Å²) >= 11 is 2.71. The van der Waals surface area contributed by atoms with Crippen LogP contribution in [-0.2, 0) is 16.1 Å². The minimum Gasteiger partial charge on any atom is -0.480 e. The molecule has 0 saturated heterocycles. The number of thioether (sulfide) groups is 1. The zero-order chi connectivity index (χ0) is 21.7. The Bertz CT molecular complexity index is 1410. The number of aromatic nitrogens is 1. The molecule has 156 valence electrons. The molecule has 0 unspecified atom stereocenters. The Morgan fingerprint density at radius 1 is 1.16 bits per heavy atom. The van der Waals surface area contributed by atoms with Gasteiger partial charge >= 0.3 is 11.9 Å². The molecule has 1 aliphatic heterocycles. The van der Waals surface area contributed by atoms with Crippen LogP contribution in [0.3, 0.4) is 0 Å². The smallest absolute Gasteiger partial charge is 0.370 e. The van der Waals surface area contributed by atoms with Gasteiger partial charge in [-0.25, -0.2) is 9.18 Å². The van der Waals surface area contributed by atoms with Crippen LogP contribution in [0.2, 0.25) is 0 Å². The highest BCUT2D eigenvalue weighted by Gasteiger charge is 2.31. The highest BCUT2D eigenvalue weighted by atomic mass is 32.2. The van der Waals surface area contributed by atoms with Crippen LogP contribution in [0.5, 0.6) is 0 Å². The zero-order valence-electron chi connectivity index (χ0n) is 15.7. The fraction of sp³-hybridized carbons (Fsp3) is 0.0952. The topological polar surface area (TPSA) is 94.9 Å². The summed E-state index contributed by atoms with van der Waals surface area (Å²) in [7, 11) is 0. The maximum atomic E-state index is 13.8. The van der Waals surface area contributed by atoms with Crippen LogP contribution in [0.4, 0.5) is 10.1 Å². The first-order chi connectivity index (χ1) is 14.9. The van der Waals surface area contributed by atoms with E-state index in [1.165, 1.54) is 40.1 Å². The summed E-state index contributed by atoms with van der Waals surface area (Å²) in [5.74, 6) is -2.52. The molecule has 0 bridgehead atoms. The van der Waals surface area contributed by atoms with Gasteiger partial charge in [-0.15, -0.1) is 0 Å². The molecule has 2 aromatic heterocycles. The molecule has 3 heterocycles. The summed E-state index contributed by atoms with van der Waals surface area (Å²) in [4.78, 5) is 25.3. The van der Waals surface area contributed by atoms with E-state index in [4.69, 9.17) is 4.42 Å². The summed E-state index contributed by atoms with van der Waals surface area (Å²) in [6.07, 6.45) is 3.31. The van der Waals surface area contributed by atoms with Gasteiger partial charge in [0.1, 0.15) is 22.6 Å². The van der Waals surface area contributed by atoms with Crippen LogP contribution in [0.25, 0.3) is 27.3 Å². The molecule has 10 heteroatoms. The fourth-order valence-electron chi connectivity index (χ4n) is 3.63. The number of halogens is 1. The fourth-order valence-corrected chi connectivity index (χ4v) is 5.90. The molecule has 0 atom stereocenters. The van der Waals surface area contributed by atoms with Crippen molar-refractivity contribution in [3.05, 3.63) is 58.5 Å². The summed E-state index contributed by atoms with van der Waals surface area (Å²) in [6.45, 7) is -0.611. The SMILES string of the molecule is O=C(O)CN1C(=Cc2sc3ccc4occc4c3[n+]2CC(=O)O)Sc2ccc(F)cc21. The van der Waals surface area contributed by atoms with Crippen LogP contribution in [0, 0.1) is 5.82 Å². The standard InChI is InChI=1S/C21H13FN2O5S2/c22-11-1-3-15-13(7-11)23(9-19(25)26)17(30-15)8-18-24(10-20(27)28)21-12-5-6-29-14(12)2-4-16(21)31-18/h1-8H,9-10H2,(H-,25,26,27,28)/p+1. The van der Waals surface area contributed by atoms with E-state index in [-0.39, 0.29) is 13.1 Å². The van der Waals surface area contributed by atoms with Crippen molar-refractivity contribution in [2.24, 2.45) is 0 Å². The van der Waals surface area contributed by atoms with Gasteiger partial charge in [0.2, 0.25) is 12.1 Å². The molecule has 2 aromatic carbocycles. The van der Waals surface area contributed by atoms with Crippen molar-refractivity contribution in [1.29, 1.82) is 0 Å². The summed E-state index contributed by atoms with van der Waals surface area (Å²) in [6, 6.07) is 9.73. The number of carbonyl (C=O) groups is 2. The second-order valence-corrected chi connectivity index (χ2v) is 8.97. The number of anilines is 1. The number of furan rings is 1. The van der Waals surface area contributed by atoms with Crippen molar-refractivity contribution in [3.63, 3.8) is 0 Å². The highest BCUT2D eigenvalue weighted by molar-refractivity contribution is 8.03. The van der Waals surface area contributed by atoms with Gasteiger partial charge in [0.15, 0.2) is 0 Å². The number of carboxylic acids is 2. The van der Waals surface area contributed by atoms with Crippen LogP contribution < -0.4 is 9.47 Å². The molecule has 0 spiro atoms. The Kier molecular flexibility index (Phi) is 4.67. The average Bonchev–Trinajstić information content (AvgIpc) is 3.38. The van der Waals surface area contributed by atoms with Crippen molar-refractivity contribution in [2.45, 2.75) is 11.4 Å². The molecule has 1 aliphatic rings. The van der Waals surface area contributed by atoms with Crippen molar-refractivity contribution in [2.75, 3.05) is 11.4 Å². The Morgan fingerprint density at radius 3 is 2.77 bits per heavy atom. The lowest BCUT2D eigenvalue weighted by molar-refractivity contribution is -0.656. The molecular weight excluding hydrogens is 443 g/mol. The lowest BCUT2D eigenvalue weighted by Gasteiger charge is -2.17. The van der Waals surface area contributed by atoms with Crippen molar-refractivity contribution >= 4 is 68.0 Å². The first-order valence-corrected chi connectivity index (χ1v) is 10.8. The van der Waals surface area contributed by atoms with Gasteiger partial charge in [0.25, 0.3) is 5.01 Å². The van der Waals surface area contributed by atoms with E-state index in [1.807, 2.05) is 12.1 Å². The molecule has 0 aliphatic carbocycles. The molecule has 2 N–H and O–H groups in total. The Morgan fingerprint density at radius 2 is 2.00 bits per heavy atom. The number of thiazole rings is 1. The number of hydrogen-bond donors (Lipinski definition) is 2. The van der Waals surface area contributed by atoms with E-state index in [0.717, 1.165) is 20.5 Å². The number of benzene rings is 2. The predicted octanol–water partition coefficient (Wildman–Crippen LogP) is 4.15. The van der Waals surface area contributed by atoms with Crippen LogP contribution >= 0.6 is 23.1 Å². The largest absolute Gasteiger partial charge is 0.480 e. The van der Waals surface area contributed by atoms with Gasteiger partial charge in [-0.1, -0.05) is 23.1 Å². The summed E-state index contributed by atoms with van der Waals surface area (Å²) in [5, 5.41) is 20.9. The Balaban J connectivity index is 1.69. The van der Waals surface area contributed by atoms with Crippen LogP contribution in [0.15, 0.2) is 57.0 Å². The lowest BCUT2D eigenvalue weighted by atomic mass is 10.2. The second-order valence-electron chi connectivity index (χ2n) is 6.84. The Hall–Kier alpha value is -3.37. The quantitative estimate of drug-likeness (QED) is 0.435. The van der Waals surface area contributed by atoms with Crippen molar-refractivity contribution in [1.82, 2.24) is 0 Å². The summed E-state index contributed by atoms with van der Waals surface area (Å²) in [5.41, 5.74) is 1.86. The van der Waals surface area contributed by atoms with Crippen LogP contribution in [-0.4, -0.2) is 28.7 Å². The van der Waals surface area contributed by atoms with Gasteiger partial charge in [-0.2, -0.15) is 4.57 Å². The molecule has 31 heavy (non-hydrogen) atoms. The maximum absolute atomic E-state index is 13.8. The number of rotatable bonds is 5. The van der Waals surface area contributed by atoms with E-state index < -0.39 is 17.8 Å². The number of fused-ring (bicyclic) bond motifs is 4. The summed E-state index contributed by atoms with van der Waals surface area (Å²) < 4.78 is 21.8. The molecule has 0 amide bonds. The van der Waals surface area contributed by atoms with Crippen molar-refractivity contribution in [3.8, 4) is 0 Å².